The standard InChI is InChI=1S/C12H18N2O3S/c1-12(5-6-17-9-12)14-18(15,16)8-10-3-2-4-11(13)7-10/h2-4,7,14H,5-6,8-9,13H2,1H3. The number of hydrogen-bond donors (Lipinski definition) is 2. The number of nitrogen functional groups attached to an aromatic ring is 1. The smallest absolute Gasteiger partial charge is 0.216 e. The maximum Gasteiger partial charge on any atom is 0.216 e. The number of benzene rings is 1. The average Bonchev–Trinajstić information content (AvgIpc) is 2.62. The van der Waals surface area contributed by atoms with Crippen LogP contribution in [0.25, 0.3) is 0 Å². The van der Waals surface area contributed by atoms with Gasteiger partial charge in [0.15, 0.2) is 0 Å². The Hall–Kier alpha value is -1.11. The molecule has 1 aliphatic rings. The number of anilines is 1. The number of nitrogens with two attached hydrogens (primary N) is 1. The van der Waals surface area contributed by atoms with Gasteiger partial charge < -0.3 is 10.5 Å². The third-order valence-electron chi connectivity index (χ3n) is 2.93. The minimum atomic E-state index is -3.38. The van der Waals surface area contributed by atoms with Crippen LogP contribution in [0.2, 0.25) is 0 Å². The number of nitrogens with one attached hydrogen (secondary N) is 1. The largest absolute Gasteiger partial charge is 0.399 e. The first-order valence-corrected chi connectivity index (χ1v) is 7.48. The first kappa shape index (κ1) is 13.3. The molecule has 1 fully saturated rings. The number of sulfonamides is 1. The molecule has 1 saturated heterocycles. The second kappa shape index (κ2) is 4.87. The van der Waals surface area contributed by atoms with Crippen LogP contribution in [-0.2, 0) is 20.5 Å². The summed E-state index contributed by atoms with van der Waals surface area (Å²) in [7, 11) is -3.38. The van der Waals surface area contributed by atoms with Gasteiger partial charge in [-0.3, -0.25) is 0 Å². The topological polar surface area (TPSA) is 81.4 Å². The van der Waals surface area contributed by atoms with Crippen molar-refractivity contribution in [2.45, 2.75) is 24.6 Å². The summed E-state index contributed by atoms with van der Waals surface area (Å²) in [6.07, 6.45) is 0.698. The van der Waals surface area contributed by atoms with E-state index >= 15 is 0 Å². The quantitative estimate of drug-likeness (QED) is 0.795. The third-order valence-corrected chi connectivity index (χ3v) is 4.45. The molecule has 1 aromatic rings. The minimum Gasteiger partial charge on any atom is -0.399 e. The van der Waals surface area contributed by atoms with E-state index in [-0.39, 0.29) is 5.75 Å². The Morgan fingerprint density at radius 2 is 2.28 bits per heavy atom. The molecule has 0 aliphatic carbocycles. The van der Waals surface area contributed by atoms with Crippen molar-refractivity contribution in [1.82, 2.24) is 4.72 Å². The highest BCUT2D eigenvalue weighted by Crippen LogP contribution is 2.20. The second-order valence-corrected chi connectivity index (χ2v) is 6.69. The van der Waals surface area contributed by atoms with Crippen LogP contribution in [-0.4, -0.2) is 27.2 Å². The number of ether oxygens (including phenoxy) is 1. The Kier molecular flexibility index (Phi) is 3.61. The molecule has 0 spiro atoms. The van der Waals surface area contributed by atoms with Gasteiger partial charge in [-0.05, 0) is 31.0 Å². The molecule has 0 amide bonds. The van der Waals surface area contributed by atoms with Gasteiger partial charge in [-0.1, -0.05) is 12.1 Å². The lowest BCUT2D eigenvalue weighted by atomic mass is 10.0. The molecule has 0 aromatic heterocycles. The van der Waals surface area contributed by atoms with Crippen LogP contribution in [0.1, 0.15) is 18.9 Å². The predicted molar refractivity (Wildman–Crippen MR) is 70.5 cm³/mol. The zero-order valence-corrected chi connectivity index (χ0v) is 11.2. The molecular weight excluding hydrogens is 252 g/mol. The summed E-state index contributed by atoms with van der Waals surface area (Å²) in [5.74, 6) is -0.0619. The van der Waals surface area contributed by atoms with Crippen molar-refractivity contribution in [2.24, 2.45) is 0 Å². The van der Waals surface area contributed by atoms with E-state index in [0.717, 1.165) is 0 Å². The van der Waals surface area contributed by atoms with Crippen LogP contribution in [0.15, 0.2) is 24.3 Å². The van der Waals surface area contributed by atoms with Gasteiger partial charge in [0.05, 0.1) is 17.9 Å². The van der Waals surface area contributed by atoms with E-state index in [1.165, 1.54) is 0 Å². The van der Waals surface area contributed by atoms with Crippen molar-refractivity contribution in [2.75, 3.05) is 18.9 Å². The fraction of sp³-hybridized carbons (Fsp3) is 0.500. The second-order valence-electron chi connectivity index (χ2n) is 4.97. The summed E-state index contributed by atoms with van der Waals surface area (Å²) in [5.41, 5.74) is 6.40. The van der Waals surface area contributed by atoms with E-state index in [9.17, 15) is 8.42 Å². The molecule has 0 bridgehead atoms. The molecule has 0 saturated carbocycles. The summed E-state index contributed by atoms with van der Waals surface area (Å²) in [5, 5.41) is 0. The van der Waals surface area contributed by atoms with Gasteiger partial charge in [-0.2, -0.15) is 0 Å². The van der Waals surface area contributed by atoms with Crippen LogP contribution in [0.4, 0.5) is 5.69 Å². The summed E-state index contributed by atoms with van der Waals surface area (Å²) in [6, 6.07) is 6.91. The van der Waals surface area contributed by atoms with Crippen molar-refractivity contribution < 1.29 is 13.2 Å². The molecule has 5 nitrogen and oxygen atoms in total. The van der Waals surface area contributed by atoms with E-state index < -0.39 is 15.6 Å². The van der Waals surface area contributed by atoms with Gasteiger partial charge in [0.1, 0.15) is 0 Å². The van der Waals surface area contributed by atoms with Crippen molar-refractivity contribution in [3.8, 4) is 0 Å². The number of rotatable bonds is 4. The monoisotopic (exact) mass is 270 g/mol. The highest BCUT2D eigenvalue weighted by molar-refractivity contribution is 7.88. The molecule has 1 aromatic carbocycles. The van der Waals surface area contributed by atoms with E-state index in [4.69, 9.17) is 10.5 Å². The molecular formula is C12H18N2O3S. The molecule has 1 atom stereocenters. The summed E-state index contributed by atoms with van der Waals surface area (Å²) in [4.78, 5) is 0. The maximum absolute atomic E-state index is 12.1. The SMILES string of the molecule is CC1(NS(=O)(=O)Cc2cccc(N)c2)CCOC1. The van der Waals surface area contributed by atoms with Crippen LogP contribution in [0.3, 0.4) is 0 Å². The van der Waals surface area contributed by atoms with Crippen molar-refractivity contribution in [3.63, 3.8) is 0 Å². The van der Waals surface area contributed by atoms with Gasteiger partial charge >= 0.3 is 0 Å². The lowest BCUT2D eigenvalue weighted by Gasteiger charge is -2.23. The Morgan fingerprint density at radius 3 is 2.89 bits per heavy atom. The van der Waals surface area contributed by atoms with Crippen LogP contribution in [0.5, 0.6) is 0 Å². The number of hydrogen-bond acceptors (Lipinski definition) is 4. The Morgan fingerprint density at radius 1 is 1.50 bits per heavy atom. The van der Waals surface area contributed by atoms with E-state index in [2.05, 4.69) is 4.72 Å². The Labute approximate surface area is 107 Å². The molecule has 6 heteroatoms. The normalized spacial score (nSPS) is 24.3. The Balaban J connectivity index is 2.08. The van der Waals surface area contributed by atoms with Gasteiger partial charge in [0.2, 0.25) is 10.0 Å². The van der Waals surface area contributed by atoms with Crippen LogP contribution in [0, 0.1) is 0 Å². The molecule has 0 radical (unpaired) electrons. The molecule has 3 N–H and O–H groups in total. The zero-order chi connectivity index (χ0) is 13.2. The fourth-order valence-corrected chi connectivity index (χ4v) is 3.66. The zero-order valence-electron chi connectivity index (χ0n) is 10.3. The van der Waals surface area contributed by atoms with Gasteiger partial charge in [-0.15, -0.1) is 0 Å². The summed E-state index contributed by atoms with van der Waals surface area (Å²) in [6.45, 7) is 2.87. The first-order chi connectivity index (χ1) is 8.39. The first-order valence-electron chi connectivity index (χ1n) is 5.82. The molecule has 1 unspecified atom stereocenters. The summed E-state index contributed by atoms with van der Waals surface area (Å²) >= 11 is 0. The molecule has 1 aliphatic heterocycles. The van der Waals surface area contributed by atoms with Crippen molar-refractivity contribution in [1.29, 1.82) is 0 Å². The van der Waals surface area contributed by atoms with Crippen molar-refractivity contribution >= 4 is 15.7 Å². The van der Waals surface area contributed by atoms with E-state index in [1.54, 1.807) is 24.3 Å². The molecule has 18 heavy (non-hydrogen) atoms. The van der Waals surface area contributed by atoms with Crippen molar-refractivity contribution in [3.05, 3.63) is 29.8 Å². The highest BCUT2D eigenvalue weighted by Gasteiger charge is 2.33. The summed E-state index contributed by atoms with van der Waals surface area (Å²) < 4.78 is 32.1. The Bertz CT molecular complexity index is 522. The van der Waals surface area contributed by atoms with E-state index in [1.807, 2.05) is 6.92 Å². The lowest BCUT2D eigenvalue weighted by Crippen LogP contribution is -2.46. The molecule has 1 heterocycles. The fourth-order valence-electron chi connectivity index (χ4n) is 2.06. The maximum atomic E-state index is 12.1. The lowest BCUT2D eigenvalue weighted by molar-refractivity contribution is 0.178. The van der Waals surface area contributed by atoms with Gasteiger partial charge in [-0.25, -0.2) is 13.1 Å². The van der Waals surface area contributed by atoms with E-state index in [0.29, 0.717) is 30.9 Å². The van der Waals surface area contributed by atoms with Crippen LogP contribution < -0.4 is 10.5 Å². The average molecular weight is 270 g/mol. The highest BCUT2D eigenvalue weighted by atomic mass is 32.2. The molecule has 2 rings (SSSR count). The third kappa shape index (κ3) is 3.44. The minimum absolute atomic E-state index is 0.0619. The van der Waals surface area contributed by atoms with Gasteiger partial charge in [0, 0.05) is 12.3 Å². The van der Waals surface area contributed by atoms with Crippen LogP contribution >= 0.6 is 0 Å². The predicted octanol–water partition coefficient (Wildman–Crippen LogP) is 0.867. The van der Waals surface area contributed by atoms with Gasteiger partial charge in [0.25, 0.3) is 0 Å². The molecule has 100 valence electrons.